The normalized spacial score (nSPS) is 19.4. The van der Waals surface area contributed by atoms with Crippen LogP contribution >= 0.6 is 0 Å². The SMILES string of the molecule is Cc1ccc([C@@H](N)C2CCCC2)c(F)c1. The van der Waals surface area contributed by atoms with Crippen molar-refractivity contribution in [1.29, 1.82) is 0 Å². The predicted octanol–water partition coefficient (Wildman–Crippen LogP) is 3.32. The highest BCUT2D eigenvalue weighted by atomic mass is 19.1. The van der Waals surface area contributed by atoms with E-state index in [0.29, 0.717) is 11.5 Å². The van der Waals surface area contributed by atoms with Crippen molar-refractivity contribution in [1.82, 2.24) is 0 Å². The Morgan fingerprint density at radius 3 is 2.60 bits per heavy atom. The zero-order chi connectivity index (χ0) is 10.8. The molecule has 1 fully saturated rings. The summed E-state index contributed by atoms with van der Waals surface area (Å²) in [5, 5.41) is 0. The van der Waals surface area contributed by atoms with Crippen molar-refractivity contribution >= 4 is 0 Å². The number of nitrogens with two attached hydrogens (primary N) is 1. The molecule has 1 nitrogen and oxygen atoms in total. The molecule has 0 aromatic heterocycles. The van der Waals surface area contributed by atoms with E-state index in [1.54, 1.807) is 6.07 Å². The average molecular weight is 207 g/mol. The molecule has 82 valence electrons. The van der Waals surface area contributed by atoms with Crippen molar-refractivity contribution in [3.63, 3.8) is 0 Å². The molecule has 1 atom stereocenters. The molecule has 2 heteroatoms. The number of hydrogen-bond donors (Lipinski definition) is 1. The van der Waals surface area contributed by atoms with Gasteiger partial charge in [0, 0.05) is 11.6 Å². The molecule has 1 aromatic rings. The van der Waals surface area contributed by atoms with Gasteiger partial charge >= 0.3 is 0 Å². The van der Waals surface area contributed by atoms with Gasteiger partial charge in [-0.1, -0.05) is 25.0 Å². The van der Waals surface area contributed by atoms with Crippen LogP contribution in [0.3, 0.4) is 0 Å². The molecule has 1 saturated carbocycles. The zero-order valence-electron chi connectivity index (χ0n) is 9.17. The summed E-state index contributed by atoms with van der Waals surface area (Å²) in [5.41, 5.74) is 7.75. The fourth-order valence-corrected chi connectivity index (χ4v) is 2.47. The van der Waals surface area contributed by atoms with E-state index in [-0.39, 0.29) is 11.9 Å². The lowest BCUT2D eigenvalue weighted by atomic mass is 9.92. The molecule has 15 heavy (non-hydrogen) atoms. The molecule has 0 spiro atoms. The van der Waals surface area contributed by atoms with E-state index in [9.17, 15) is 4.39 Å². The Hall–Kier alpha value is -0.890. The second kappa shape index (κ2) is 4.31. The second-order valence-corrected chi connectivity index (χ2v) is 4.60. The highest BCUT2D eigenvalue weighted by molar-refractivity contribution is 5.26. The van der Waals surface area contributed by atoms with Crippen molar-refractivity contribution in [2.45, 2.75) is 38.6 Å². The highest BCUT2D eigenvalue weighted by Gasteiger charge is 2.24. The lowest BCUT2D eigenvalue weighted by molar-refractivity contribution is 0.429. The van der Waals surface area contributed by atoms with Crippen molar-refractivity contribution < 1.29 is 4.39 Å². The third kappa shape index (κ3) is 2.20. The largest absolute Gasteiger partial charge is 0.324 e. The molecule has 1 aromatic carbocycles. The summed E-state index contributed by atoms with van der Waals surface area (Å²) in [5.74, 6) is 0.330. The van der Waals surface area contributed by atoms with Gasteiger partial charge in [0.1, 0.15) is 5.82 Å². The molecule has 0 aliphatic heterocycles. The van der Waals surface area contributed by atoms with E-state index in [1.165, 1.54) is 12.8 Å². The van der Waals surface area contributed by atoms with Gasteiger partial charge in [-0.05, 0) is 37.3 Å². The summed E-state index contributed by atoms with van der Waals surface area (Å²) < 4.78 is 13.7. The molecule has 0 radical (unpaired) electrons. The standard InChI is InChI=1S/C13H18FN/c1-9-6-7-11(12(14)8-9)13(15)10-4-2-3-5-10/h6-8,10,13H,2-5,15H2,1H3/t13-/m0/s1. The molecule has 2 N–H and O–H groups in total. The Kier molecular flexibility index (Phi) is 3.06. The van der Waals surface area contributed by atoms with Gasteiger partial charge in [-0.15, -0.1) is 0 Å². The van der Waals surface area contributed by atoms with Crippen molar-refractivity contribution in [3.8, 4) is 0 Å². The first kappa shape index (κ1) is 10.6. The summed E-state index contributed by atoms with van der Waals surface area (Å²) in [4.78, 5) is 0. The van der Waals surface area contributed by atoms with Crippen LogP contribution in [-0.4, -0.2) is 0 Å². The Morgan fingerprint density at radius 1 is 1.33 bits per heavy atom. The monoisotopic (exact) mass is 207 g/mol. The minimum absolute atomic E-state index is 0.118. The van der Waals surface area contributed by atoms with Crippen LogP contribution in [0.2, 0.25) is 0 Å². The number of aryl methyl sites for hydroxylation is 1. The fraction of sp³-hybridized carbons (Fsp3) is 0.538. The van der Waals surface area contributed by atoms with E-state index in [1.807, 2.05) is 19.1 Å². The summed E-state index contributed by atoms with van der Waals surface area (Å²) in [6.07, 6.45) is 4.78. The van der Waals surface area contributed by atoms with E-state index < -0.39 is 0 Å². The van der Waals surface area contributed by atoms with Crippen molar-refractivity contribution in [3.05, 3.63) is 35.1 Å². The molecule has 1 aliphatic carbocycles. The van der Waals surface area contributed by atoms with Crippen molar-refractivity contribution in [2.75, 3.05) is 0 Å². The molecular formula is C13H18FN. The van der Waals surface area contributed by atoms with Gasteiger partial charge in [0.2, 0.25) is 0 Å². The predicted molar refractivity (Wildman–Crippen MR) is 60.0 cm³/mol. The molecule has 0 amide bonds. The number of benzene rings is 1. The molecule has 2 rings (SSSR count). The Bertz CT molecular complexity index is 342. The van der Waals surface area contributed by atoms with Crippen LogP contribution < -0.4 is 5.73 Å². The molecule has 0 saturated heterocycles. The maximum Gasteiger partial charge on any atom is 0.128 e. The van der Waals surface area contributed by atoms with Crippen LogP contribution in [0, 0.1) is 18.7 Å². The molecule has 0 bridgehead atoms. The van der Waals surface area contributed by atoms with Gasteiger partial charge in [-0.2, -0.15) is 0 Å². The number of rotatable bonds is 2. The highest BCUT2D eigenvalue weighted by Crippen LogP contribution is 2.35. The topological polar surface area (TPSA) is 26.0 Å². The molecular weight excluding hydrogens is 189 g/mol. The Morgan fingerprint density at radius 2 is 2.00 bits per heavy atom. The molecule has 0 unspecified atom stereocenters. The van der Waals surface area contributed by atoms with Gasteiger partial charge in [0.05, 0.1) is 0 Å². The van der Waals surface area contributed by atoms with Gasteiger partial charge in [0.15, 0.2) is 0 Å². The lowest BCUT2D eigenvalue weighted by Crippen LogP contribution is -2.20. The van der Waals surface area contributed by atoms with Gasteiger partial charge in [-0.25, -0.2) is 4.39 Å². The van der Waals surface area contributed by atoms with Crippen LogP contribution in [0.15, 0.2) is 18.2 Å². The minimum Gasteiger partial charge on any atom is -0.324 e. The first-order chi connectivity index (χ1) is 7.18. The second-order valence-electron chi connectivity index (χ2n) is 4.60. The molecule has 0 heterocycles. The number of halogens is 1. The van der Waals surface area contributed by atoms with Crippen LogP contribution in [-0.2, 0) is 0 Å². The first-order valence-electron chi connectivity index (χ1n) is 5.70. The van der Waals surface area contributed by atoms with Gasteiger partial charge in [-0.3, -0.25) is 0 Å². The smallest absolute Gasteiger partial charge is 0.128 e. The Balaban J connectivity index is 2.20. The van der Waals surface area contributed by atoms with E-state index in [0.717, 1.165) is 18.4 Å². The minimum atomic E-state index is -0.144. The van der Waals surface area contributed by atoms with E-state index >= 15 is 0 Å². The third-order valence-corrected chi connectivity index (χ3v) is 3.42. The van der Waals surface area contributed by atoms with Crippen LogP contribution in [0.25, 0.3) is 0 Å². The zero-order valence-corrected chi connectivity index (χ0v) is 9.17. The lowest BCUT2D eigenvalue weighted by Gasteiger charge is -2.19. The van der Waals surface area contributed by atoms with Crippen LogP contribution in [0.4, 0.5) is 4.39 Å². The molecule has 1 aliphatic rings. The Labute approximate surface area is 90.5 Å². The van der Waals surface area contributed by atoms with Gasteiger partial charge < -0.3 is 5.73 Å². The summed E-state index contributed by atoms with van der Waals surface area (Å²) >= 11 is 0. The van der Waals surface area contributed by atoms with Gasteiger partial charge in [0.25, 0.3) is 0 Å². The fourth-order valence-electron chi connectivity index (χ4n) is 2.47. The summed E-state index contributed by atoms with van der Waals surface area (Å²) in [7, 11) is 0. The van der Waals surface area contributed by atoms with Crippen molar-refractivity contribution in [2.24, 2.45) is 11.7 Å². The van der Waals surface area contributed by atoms with Crippen LogP contribution in [0.1, 0.15) is 42.9 Å². The quantitative estimate of drug-likeness (QED) is 0.791. The summed E-state index contributed by atoms with van der Waals surface area (Å²) in [6, 6.07) is 5.23. The maximum atomic E-state index is 13.7. The average Bonchev–Trinajstić information content (AvgIpc) is 2.69. The van der Waals surface area contributed by atoms with E-state index in [2.05, 4.69) is 0 Å². The van der Waals surface area contributed by atoms with E-state index in [4.69, 9.17) is 5.73 Å². The van der Waals surface area contributed by atoms with Crippen LogP contribution in [0.5, 0.6) is 0 Å². The maximum absolute atomic E-state index is 13.7. The first-order valence-corrected chi connectivity index (χ1v) is 5.70. The third-order valence-electron chi connectivity index (χ3n) is 3.42. The summed E-state index contributed by atoms with van der Waals surface area (Å²) in [6.45, 7) is 1.90. The number of hydrogen-bond acceptors (Lipinski definition) is 1.